The summed E-state index contributed by atoms with van der Waals surface area (Å²) < 4.78 is 7.17. The average molecular weight is 980 g/mol. The van der Waals surface area contributed by atoms with E-state index in [1.165, 1.54) is 76.4 Å². The van der Waals surface area contributed by atoms with Crippen LogP contribution in [0.3, 0.4) is 0 Å². The number of aromatic nitrogens is 5. The first-order valence-electron chi connectivity index (χ1n) is 26.3. The van der Waals surface area contributed by atoms with Gasteiger partial charge in [-0.3, -0.25) is 4.57 Å². The second kappa shape index (κ2) is 17.1. The van der Waals surface area contributed by atoms with Crippen LogP contribution in [0.2, 0.25) is 0 Å². The van der Waals surface area contributed by atoms with Crippen molar-refractivity contribution in [3.63, 3.8) is 0 Å². The van der Waals surface area contributed by atoms with Crippen LogP contribution in [-0.4, -0.2) is 23.7 Å². The Morgan fingerprint density at radius 3 is 1.26 bits per heavy atom. The van der Waals surface area contributed by atoms with Gasteiger partial charge in [0.25, 0.3) is 0 Å². The normalized spacial score (nSPS) is 11.9. The topological polar surface area (TPSA) is 40.6 Å². The van der Waals surface area contributed by atoms with Crippen molar-refractivity contribution in [2.45, 2.75) is 0 Å². The lowest BCUT2D eigenvalue weighted by Gasteiger charge is -2.14. The van der Waals surface area contributed by atoms with Gasteiger partial charge in [-0.25, -0.2) is 9.97 Å². The molecule has 0 N–H and O–H groups in total. The Morgan fingerprint density at radius 1 is 0.221 bits per heavy atom. The Labute approximate surface area is 443 Å². The minimum atomic E-state index is 0.618. The van der Waals surface area contributed by atoms with E-state index in [4.69, 9.17) is 9.97 Å². The van der Waals surface area contributed by atoms with Gasteiger partial charge in [0, 0.05) is 54.8 Å². The molecule has 0 atom stereocenters. The fourth-order valence-electron chi connectivity index (χ4n) is 12.2. The van der Waals surface area contributed by atoms with Crippen molar-refractivity contribution in [3.05, 3.63) is 273 Å². The van der Waals surface area contributed by atoms with Gasteiger partial charge in [-0.05, 0) is 117 Å². The van der Waals surface area contributed by atoms with E-state index in [0.29, 0.717) is 5.95 Å². The van der Waals surface area contributed by atoms with Crippen LogP contribution >= 0.6 is 0 Å². The predicted octanol–water partition coefficient (Wildman–Crippen LogP) is 18.7. The van der Waals surface area contributed by atoms with Crippen LogP contribution in [0.25, 0.3) is 149 Å². The van der Waals surface area contributed by atoms with Crippen molar-refractivity contribution >= 4 is 87.0 Å². The van der Waals surface area contributed by atoms with E-state index >= 15 is 0 Å². The molecule has 77 heavy (non-hydrogen) atoms. The number of hydrogen-bond donors (Lipinski definition) is 0. The smallest absolute Gasteiger partial charge is 0.235 e. The molecule has 0 unspecified atom stereocenters. The van der Waals surface area contributed by atoms with E-state index in [9.17, 15) is 0 Å². The van der Waals surface area contributed by atoms with Crippen molar-refractivity contribution in [3.8, 4) is 62.1 Å². The molecule has 4 heterocycles. The summed E-state index contributed by atoms with van der Waals surface area (Å²) in [6.45, 7) is 0. The molecule has 4 aromatic heterocycles. The maximum atomic E-state index is 5.50. The molecule has 358 valence electrons. The lowest BCUT2D eigenvalue weighted by Crippen LogP contribution is -2.04. The minimum absolute atomic E-state index is 0.618. The number of nitrogens with zero attached hydrogens (tertiary/aromatic N) is 5. The minimum Gasteiger partial charge on any atom is -0.309 e. The van der Waals surface area contributed by atoms with Gasteiger partial charge in [-0.15, -0.1) is 0 Å². The van der Waals surface area contributed by atoms with Crippen molar-refractivity contribution in [1.82, 2.24) is 23.7 Å². The highest BCUT2D eigenvalue weighted by Crippen LogP contribution is 2.44. The van der Waals surface area contributed by atoms with E-state index in [-0.39, 0.29) is 0 Å². The third-order valence-corrected chi connectivity index (χ3v) is 15.8. The number of rotatable bonds is 7. The first kappa shape index (κ1) is 43.1. The zero-order chi connectivity index (χ0) is 50.6. The van der Waals surface area contributed by atoms with Crippen LogP contribution in [0.15, 0.2) is 273 Å². The fourth-order valence-corrected chi connectivity index (χ4v) is 12.2. The molecule has 16 aromatic rings. The third kappa shape index (κ3) is 6.88. The zero-order valence-corrected chi connectivity index (χ0v) is 41.7. The Hall–Kier alpha value is -10.4. The molecule has 0 saturated heterocycles. The zero-order valence-electron chi connectivity index (χ0n) is 41.7. The first-order chi connectivity index (χ1) is 38.2. The highest BCUT2D eigenvalue weighted by atomic mass is 15.2. The van der Waals surface area contributed by atoms with Gasteiger partial charge in [-0.2, -0.15) is 0 Å². The van der Waals surface area contributed by atoms with Gasteiger partial charge >= 0.3 is 0 Å². The highest BCUT2D eigenvalue weighted by molar-refractivity contribution is 6.29. The summed E-state index contributed by atoms with van der Waals surface area (Å²) in [4.78, 5) is 11.0. The highest BCUT2D eigenvalue weighted by Gasteiger charge is 2.23. The molecule has 0 aliphatic heterocycles. The van der Waals surface area contributed by atoms with Crippen LogP contribution in [0.5, 0.6) is 0 Å². The maximum absolute atomic E-state index is 5.50. The van der Waals surface area contributed by atoms with Crippen LogP contribution < -0.4 is 0 Å². The van der Waals surface area contributed by atoms with E-state index < -0.39 is 0 Å². The number of fused-ring (bicyclic) bond motifs is 12. The third-order valence-electron chi connectivity index (χ3n) is 15.8. The van der Waals surface area contributed by atoms with Crippen LogP contribution in [0.4, 0.5) is 0 Å². The second-order valence-corrected chi connectivity index (χ2v) is 20.2. The maximum Gasteiger partial charge on any atom is 0.235 e. The summed E-state index contributed by atoms with van der Waals surface area (Å²) in [5.41, 5.74) is 17.5. The van der Waals surface area contributed by atoms with Gasteiger partial charge in [-0.1, -0.05) is 200 Å². The molecule has 0 radical (unpaired) electrons. The Morgan fingerprint density at radius 2 is 0.662 bits per heavy atom. The number of para-hydroxylation sites is 3. The molecule has 5 nitrogen and oxygen atoms in total. The first-order valence-corrected chi connectivity index (χ1v) is 26.3. The lowest BCUT2D eigenvalue weighted by molar-refractivity contribution is 0.995. The summed E-state index contributed by atoms with van der Waals surface area (Å²) in [6, 6.07) is 98.9. The van der Waals surface area contributed by atoms with Gasteiger partial charge in [0.15, 0.2) is 0 Å². The van der Waals surface area contributed by atoms with Crippen LogP contribution in [-0.2, 0) is 0 Å². The number of benzene rings is 12. The molecular weight excluding hydrogens is 935 g/mol. The fraction of sp³-hybridized carbons (Fsp3) is 0. The Bertz CT molecular complexity index is 4940. The average Bonchev–Trinajstić information content (AvgIpc) is 4.26. The monoisotopic (exact) mass is 979 g/mol. The summed E-state index contributed by atoms with van der Waals surface area (Å²) in [5, 5.41) is 11.9. The molecule has 0 spiro atoms. The van der Waals surface area contributed by atoms with Crippen LogP contribution in [0, 0.1) is 0 Å². The summed E-state index contributed by atoms with van der Waals surface area (Å²) in [5.74, 6) is 0.618. The second-order valence-electron chi connectivity index (χ2n) is 20.2. The molecule has 0 aliphatic rings. The largest absolute Gasteiger partial charge is 0.309 e. The summed E-state index contributed by atoms with van der Waals surface area (Å²) in [7, 11) is 0. The van der Waals surface area contributed by atoms with Crippen molar-refractivity contribution in [2.75, 3.05) is 0 Å². The van der Waals surface area contributed by atoms with Crippen molar-refractivity contribution in [2.24, 2.45) is 0 Å². The molecule has 0 fully saturated rings. The number of hydrogen-bond acceptors (Lipinski definition) is 2. The van der Waals surface area contributed by atoms with Crippen molar-refractivity contribution in [1.29, 1.82) is 0 Å². The van der Waals surface area contributed by atoms with E-state index in [1.54, 1.807) is 0 Å². The predicted molar refractivity (Wildman–Crippen MR) is 322 cm³/mol. The van der Waals surface area contributed by atoms with E-state index in [2.05, 4.69) is 287 Å². The molecule has 5 heteroatoms. The molecule has 16 rings (SSSR count). The standard InChI is InChI=1S/C72H45N5/c1-2-15-46(16-3-1)49-29-31-50(32-30-49)53-21-14-22-56(43-53)75-65-27-12-9-24-60(65)70-67(75)39-40-68-71(70)61-25-10-13-28-66(61)76(68)57-37-38-59-58-23-8-11-26-64(58)77(69(59)44-57)72-73-62(54-35-33-47-17-4-6-19-51(47)41-54)45-63(74-72)55-36-34-48-18-5-7-20-52(48)42-55/h1-45H. The molecule has 0 bridgehead atoms. The van der Waals surface area contributed by atoms with Gasteiger partial charge in [0.2, 0.25) is 5.95 Å². The van der Waals surface area contributed by atoms with Gasteiger partial charge < -0.3 is 9.13 Å². The molecule has 12 aromatic carbocycles. The Kier molecular flexibility index (Phi) is 9.57. The van der Waals surface area contributed by atoms with Crippen molar-refractivity contribution < 1.29 is 0 Å². The quantitative estimate of drug-likeness (QED) is 0.160. The molecule has 0 amide bonds. The lowest BCUT2D eigenvalue weighted by atomic mass is 10.00. The van der Waals surface area contributed by atoms with Crippen LogP contribution in [0.1, 0.15) is 0 Å². The summed E-state index contributed by atoms with van der Waals surface area (Å²) in [6.07, 6.45) is 0. The van der Waals surface area contributed by atoms with Gasteiger partial charge in [0.05, 0.1) is 44.5 Å². The SMILES string of the molecule is c1ccc(-c2ccc(-c3cccc(-n4c5ccccc5c5c6c7ccccc7n(-c7ccc8c9ccccc9n(-c9nc(-c%10ccc%11ccccc%11c%10)cc(-c%10ccc%11ccccc%11c%10)n9)c8c7)c6ccc54)c3)cc2)cc1. The molecule has 0 saturated carbocycles. The summed E-state index contributed by atoms with van der Waals surface area (Å²) >= 11 is 0. The Balaban J connectivity index is 0.893. The van der Waals surface area contributed by atoms with E-state index in [1.807, 2.05) is 0 Å². The molecular formula is C72H45N5. The van der Waals surface area contributed by atoms with E-state index in [0.717, 1.165) is 66.7 Å². The van der Waals surface area contributed by atoms with Gasteiger partial charge in [0.1, 0.15) is 0 Å². The molecule has 0 aliphatic carbocycles.